The van der Waals surface area contributed by atoms with Gasteiger partial charge in [-0.25, -0.2) is 0 Å². The average Bonchev–Trinajstić information content (AvgIpc) is 2.46. The molecule has 2 rings (SSSR count). The topological polar surface area (TPSA) is 83.0 Å². The Kier molecular flexibility index (Phi) is 3.67. The van der Waals surface area contributed by atoms with E-state index in [0.29, 0.717) is 22.5 Å². The van der Waals surface area contributed by atoms with Crippen molar-refractivity contribution in [2.45, 2.75) is 6.92 Å². The molecule has 0 atom stereocenters. The number of carbonyl (C=O) groups is 1. The van der Waals surface area contributed by atoms with Gasteiger partial charge in [-0.3, -0.25) is 9.78 Å². The van der Waals surface area contributed by atoms with E-state index in [1.54, 1.807) is 37.4 Å². The molecule has 20 heavy (non-hydrogen) atoms. The summed E-state index contributed by atoms with van der Waals surface area (Å²) in [6.07, 6.45) is 1.48. The minimum atomic E-state index is -0.236. The lowest BCUT2D eigenvalue weighted by atomic mass is 10.1. The van der Waals surface area contributed by atoms with E-state index < -0.39 is 0 Å². The number of hydrogen-bond acceptors (Lipinski definition) is 4. The van der Waals surface area contributed by atoms with E-state index in [2.05, 4.69) is 4.98 Å². The van der Waals surface area contributed by atoms with Crippen LogP contribution in [0.15, 0.2) is 36.5 Å². The number of carbonyl (C=O) groups excluding carboxylic acids is 1. The Balaban J connectivity index is 2.30. The minimum absolute atomic E-state index is 0.236. The number of nitrogens with two attached hydrogens (primary N) is 1. The first-order valence-corrected chi connectivity index (χ1v) is 6.03. The average molecular weight is 266 g/mol. The van der Waals surface area contributed by atoms with Crippen LogP contribution in [0, 0.1) is 18.3 Å². The van der Waals surface area contributed by atoms with Gasteiger partial charge in [-0.1, -0.05) is 0 Å². The Morgan fingerprint density at radius 3 is 2.55 bits per heavy atom. The molecule has 0 saturated carbocycles. The first-order chi connectivity index (χ1) is 9.52. The quantitative estimate of drug-likeness (QED) is 0.902. The van der Waals surface area contributed by atoms with E-state index in [4.69, 9.17) is 11.0 Å². The number of hydrogen-bond donors (Lipinski definition) is 1. The number of benzene rings is 1. The first kappa shape index (κ1) is 13.6. The third-order valence-corrected chi connectivity index (χ3v) is 2.99. The number of rotatable bonds is 2. The third-order valence-electron chi connectivity index (χ3n) is 2.99. The summed E-state index contributed by atoms with van der Waals surface area (Å²) in [6, 6.07) is 10.5. The SMILES string of the molecule is Cc1cc(N)c(C(=O)N(C)c2ccc(C#N)cc2)cn1. The van der Waals surface area contributed by atoms with Gasteiger partial charge >= 0.3 is 0 Å². The van der Waals surface area contributed by atoms with Crippen LogP contribution >= 0.6 is 0 Å². The summed E-state index contributed by atoms with van der Waals surface area (Å²) < 4.78 is 0. The maximum atomic E-state index is 12.4. The smallest absolute Gasteiger partial charge is 0.261 e. The molecule has 5 heteroatoms. The number of aryl methyl sites for hydroxylation is 1. The molecule has 5 nitrogen and oxygen atoms in total. The number of aromatic nitrogens is 1. The highest BCUT2D eigenvalue weighted by atomic mass is 16.2. The number of nitrogens with zero attached hydrogens (tertiary/aromatic N) is 3. The highest BCUT2D eigenvalue weighted by molar-refractivity contribution is 6.08. The first-order valence-electron chi connectivity index (χ1n) is 6.03. The van der Waals surface area contributed by atoms with Crippen molar-refractivity contribution in [3.05, 3.63) is 53.3 Å². The fourth-order valence-corrected chi connectivity index (χ4v) is 1.82. The lowest BCUT2D eigenvalue weighted by molar-refractivity contribution is 0.0993. The van der Waals surface area contributed by atoms with Crippen molar-refractivity contribution in [2.75, 3.05) is 17.7 Å². The second-order valence-corrected chi connectivity index (χ2v) is 4.44. The maximum Gasteiger partial charge on any atom is 0.261 e. The van der Waals surface area contributed by atoms with Crippen LogP contribution in [0.3, 0.4) is 0 Å². The molecule has 0 aliphatic rings. The number of pyridine rings is 1. The van der Waals surface area contributed by atoms with E-state index in [1.165, 1.54) is 11.1 Å². The van der Waals surface area contributed by atoms with Gasteiger partial charge in [-0.2, -0.15) is 5.26 Å². The van der Waals surface area contributed by atoms with Gasteiger partial charge in [-0.05, 0) is 37.3 Å². The van der Waals surface area contributed by atoms with Crippen molar-refractivity contribution >= 4 is 17.3 Å². The Bertz CT molecular complexity index is 686. The van der Waals surface area contributed by atoms with Gasteiger partial charge in [0.25, 0.3) is 5.91 Å². The Labute approximate surface area is 117 Å². The molecule has 2 aromatic rings. The summed E-state index contributed by atoms with van der Waals surface area (Å²) in [7, 11) is 1.66. The third kappa shape index (κ3) is 2.59. The molecule has 0 aliphatic heterocycles. The summed E-state index contributed by atoms with van der Waals surface area (Å²) in [4.78, 5) is 17.9. The highest BCUT2D eigenvalue weighted by Gasteiger charge is 2.16. The lowest BCUT2D eigenvalue weighted by Crippen LogP contribution is -2.27. The predicted molar refractivity (Wildman–Crippen MR) is 77.3 cm³/mol. The van der Waals surface area contributed by atoms with Gasteiger partial charge < -0.3 is 10.6 Å². The van der Waals surface area contributed by atoms with Crippen LogP contribution < -0.4 is 10.6 Å². The standard InChI is InChI=1S/C15H14N4O/c1-10-7-14(17)13(9-18-10)15(20)19(2)12-5-3-11(8-16)4-6-12/h3-7,9H,1-2H3,(H2,17,18). The van der Waals surface area contributed by atoms with Crippen molar-refractivity contribution in [1.29, 1.82) is 5.26 Å². The molecule has 1 aromatic heterocycles. The second kappa shape index (κ2) is 5.41. The summed E-state index contributed by atoms with van der Waals surface area (Å²) >= 11 is 0. The molecule has 0 spiro atoms. The zero-order valence-electron chi connectivity index (χ0n) is 11.3. The number of anilines is 2. The summed E-state index contributed by atoms with van der Waals surface area (Å²) in [6.45, 7) is 1.81. The molecule has 1 amide bonds. The Hall–Kier alpha value is -2.87. The number of nitriles is 1. The van der Waals surface area contributed by atoms with Crippen LogP contribution in [0.1, 0.15) is 21.6 Å². The molecule has 0 saturated heterocycles. The molecule has 0 fully saturated rings. The van der Waals surface area contributed by atoms with E-state index >= 15 is 0 Å². The molecule has 2 N–H and O–H groups in total. The lowest BCUT2D eigenvalue weighted by Gasteiger charge is -2.18. The van der Waals surface area contributed by atoms with E-state index in [-0.39, 0.29) is 5.91 Å². The van der Waals surface area contributed by atoms with Crippen LogP contribution in [0.2, 0.25) is 0 Å². The van der Waals surface area contributed by atoms with Crippen LogP contribution in [-0.4, -0.2) is 17.9 Å². The molecular formula is C15H14N4O. The molecule has 1 aromatic carbocycles. The van der Waals surface area contributed by atoms with E-state index in [1.807, 2.05) is 13.0 Å². The van der Waals surface area contributed by atoms with Crippen molar-refractivity contribution in [3.8, 4) is 6.07 Å². The number of nitrogen functional groups attached to an aromatic ring is 1. The highest BCUT2D eigenvalue weighted by Crippen LogP contribution is 2.19. The van der Waals surface area contributed by atoms with Gasteiger partial charge in [-0.15, -0.1) is 0 Å². The Morgan fingerprint density at radius 2 is 2.00 bits per heavy atom. The number of amides is 1. The van der Waals surface area contributed by atoms with E-state index in [9.17, 15) is 4.79 Å². The van der Waals surface area contributed by atoms with Crippen LogP contribution in [0.25, 0.3) is 0 Å². The molecule has 0 radical (unpaired) electrons. The van der Waals surface area contributed by atoms with Gasteiger partial charge in [0.2, 0.25) is 0 Å². The summed E-state index contributed by atoms with van der Waals surface area (Å²) in [5.74, 6) is -0.236. The molecule has 100 valence electrons. The fourth-order valence-electron chi connectivity index (χ4n) is 1.82. The van der Waals surface area contributed by atoms with Crippen LogP contribution in [0.4, 0.5) is 11.4 Å². The summed E-state index contributed by atoms with van der Waals surface area (Å²) in [5.41, 5.74) is 8.62. The molecular weight excluding hydrogens is 252 g/mol. The van der Waals surface area contributed by atoms with E-state index in [0.717, 1.165) is 5.69 Å². The van der Waals surface area contributed by atoms with Crippen molar-refractivity contribution in [2.24, 2.45) is 0 Å². The Morgan fingerprint density at radius 1 is 1.35 bits per heavy atom. The molecule has 1 heterocycles. The normalized spacial score (nSPS) is 9.85. The monoisotopic (exact) mass is 266 g/mol. The van der Waals surface area contributed by atoms with Crippen LogP contribution in [0.5, 0.6) is 0 Å². The van der Waals surface area contributed by atoms with Gasteiger partial charge in [0, 0.05) is 30.3 Å². The minimum Gasteiger partial charge on any atom is -0.398 e. The molecule has 0 aliphatic carbocycles. The molecule has 0 unspecified atom stereocenters. The van der Waals surface area contributed by atoms with Crippen LogP contribution in [-0.2, 0) is 0 Å². The van der Waals surface area contributed by atoms with Crippen molar-refractivity contribution < 1.29 is 4.79 Å². The maximum absolute atomic E-state index is 12.4. The largest absolute Gasteiger partial charge is 0.398 e. The zero-order valence-corrected chi connectivity index (χ0v) is 11.3. The van der Waals surface area contributed by atoms with Gasteiger partial charge in [0.05, 0.1) is 17.2 Å². The summed E-state index contributed by atoms with van der Waals surface area (Å²) in [5, 5.41) is 8.76. The molecule has 0 bridgehead atoms. The fraction of sp³-hybridized carbons (Fsp3) is 0.133. The second-order valence-electron chi connectivity index (χ2n) is 4.44. The van der Waals surface area contributed by atoms with Crippen molar-refractivity contribution in [1.82, 2.24) is 4.98 Å². The predicted octanol–water partition coefficient (Wildman–Crippen LogP) is 2.12. The van der Waals surface area contributed by atoms with Gasteiger partial charge in [0.1, 0.15) is 0 Å². The zero-order chi connectivity index (χ0) is 14.7. The van der Waals surface area contributed by atoms with Gasteiger partial charge in [0.15, 0.2) is 0 Å². The van der Waals surface area contributed by atoms with Crippen molar-refractivity contribution in [3.63, 3.8) is 0 Å².